The molecule has 1 amide bonds. The maximum atomic E-state index is 11.8. The van der Waals surface area contributed by atoms with Crippen molar-refractivity contribution >= 4 is 6.09 Å². The predicted molar refractivity (Wildman–Crippen MR) is 43.3 cm³/mol. The van der Waals surface area contributed by atoms with Crippen LogP contribution in [0, 0.1) is 0 Å². The number of nitrogens with two attached hydrogens (primary N) is 1. The molecule has 4 nitrogen and oxygen atoms in total. The monoisotopic (exact) mass is 203 g/mol. The topological polar surface area (TPSA) is 61.6 Å². The lowest BCUT2D eigenvalue weighted by Gasteiger charge is -2.05. The second-order valence-corrected chi connectivity index (χ2v) is 2.27. The Hall–Kier alpha value is -1.85. The van der Waals surface area contributed by atoms with Gasteiger partial charge in [0, 0.05) is 6.07 Å². The van der Waals surface area contributed by atoms with Gasteiger partial charge in [-0.3, -0.25) is 0 Å². The van der Waals surface area contributed by atoms with Crippen molar-refractivity contribution in [3.05, 3.63) is 24.3 Å². The average molecular weight is 203 g/mol. The van der Waals surface area contributed by atoms with Gasteiger partial charge in [-0.1, -0.05) is 6.07 Å². The standard InChI is InChI=1S/C8H7F2NO3/c9-7(10)13-5-2-1-3-6(4-5)14-8(11)12/h1-4,7H,(H2,11,12). The number of amides is 1. The largest absolute Gasteiger partial charge is 0.435 e. The van der Waals surface area contributed by atoms with Gasteiger partial charge in [0.05, 0.1) is 0 Å². The molecule has 0 heterocycles. The van der Waals surface area contributed by atoms with E-state index < -0.39 is 12.7 Å². The van der Waals surface area contributed by atoms with Gasteiger partial charge < -0.3 is 15.2 Å². The molecule has 0 aliphatic carbocycles. The van der Waals surface area contributed by atoms with Gasteiger partial charge in [0.25, 0.3) is 0 Å². The van der Waals surface area contributed by atoms with Crippen LogP contribution in [0.2, 0.25) is 0 Å². The van der Waals surface area contributed by atoms with Crippen molar-refractivity contribution in [2.45, 2.75) is 6.61 Å². The highest BCUT2D eigenvalue weighted by molar-refractivity contribution is 5.68. The van der Waals surface area contributed by atoms with Crippen molar-refractivity contribution in [1.29, 1.82) is 0 Å². The van der Waals surface area contributed by atoms with Gasteiger partial charge in [-0.2, -0.15) is 8.78 Å². The summed E-state index contributed by atoms with van der Waals surface area (Å²) < 4.78 is 32.0. The third-order valence-electron chi connectivity index (χ3n) is 1.25. The Labute approximate surface area is 78.2 Å². The SMILES string of the molecule is NC(=O)Oc1cccc(OC(F)F)c1. The molecule has 76 valence electrons. The van der Waals surface area contributed by atoms with Crippen molar-refractivity contribution in [1.82, 2.24) is 0 Å². The van der Waals surface area contributed by atoms with Gasteiger partial charge in [-0.25, -0.2) is 4.79 Å². The van der Waals surface area contributed by atoms with E-state index in [1.54, 1.807) is 0 Å². The summed E-state index contributed by atoms with van der Waals surface area (Å²) >= 11 is 0. The highest BCUT2D eigenvalue weighted by Gasteiger charge is 2.05. The van der Waals surface area contributed by atoms with Crippen molar-refractivity contribution < 1.29 is 23.0 Å². The zero-order chi connectivity index (χ0) is 10.6. The van der Waals surface area contributed by atoms with Crippen LogP contribution in [-0.4, -0.2) is 12.7 Å². The van der Waals surface area contributed by atoms with Gasteiger partial charge in [-0.15, -0.1) is 0 Å². The van der Waals surface area contributed by atoms with Gasteiger partial charge in [0.1, 0.15) is 11.5 Å². The molecule has 2 N–H and O–H groups in total. The van der Waals surface area contributed by atoms with E-state index in [9.17, 15) is 13.6 Å². The quantitative estimate of drug-likeness (QED) is 0.813. The molecule has 1 rings (SSSR count). The van der Waals surface area contributed by atoms with Crippen molar-refractivity contribution in [2.75, 3.05) is 0 Å². The van der Waals surface area contributed by atoms with Crippen LogP contribution in [0.5, 0.6) is 11.5 Å². The van der Waals surface area contributed by atoms with E-state index >= 15 is 0 Å². The van der Waals surface area contributed by atoms with Crippen LogP contribution in [0.15, 0.2) is 24.3 Å². The molecule has 14 heavy (non-hydrogen) atoms. The fraction of sp³-hybridized carbons (Fsp3) is 0.125. The summed E-state index contributed by atoms with van der Waals surface area (Å²) in [6.07, 6.45) is -1.01. The first-order chi connectivity index (χ1) is 6.58. The molecule has 0 atom stereocenters. The number of carbonyl (C=O) groups is 1. The van der Waals surface area contributed by atoms with E-state index in [1.807, 2.05) is 0 Å². The van der Waals surface area contributed by atoms with Gasteiger partial charge >= 0.3 is 12.7 Å². The molecule has 0 radical (unpaired) electrons. The smallest absolute Gasteiger partial charge is 0.409 e. The van der Waals surface area contributed by atoms with E-state index in [2.05, 4.69) is 9.47 Å². The Bertz CT molecular complexity index is 330. The molecule has 0 fully saturated rings. The van der Waals surface area contributed by atoms with Gasteiger partial charge in [0.15, 0.2) is 0 Å². The summed E-state index contributed by atoms with van der Waals surface area (Å²) in [5.74, 6) is -0.0469. The maximum absolute atomic E-state index is 11.8. The number of hydrogen-bond acceptors (Lipinski definition) is 3. The van der Waals surface area contributed by atoms with E-state index in [1.165, 1.54) is 18.2 Å². The molecule has 1 aromatic carbocycles. The summed E-state index contributed by atoms with van der Waals surface area (Å²) in [4.78, 5) is 10.3. The fourth-order valence-electron chi connectivity index (χ4n) is 0.830. The lowest BCUT2D eigenvalue weighted by molar-refractivity contribution is -0.0498. The molecule has 0 unspecified atom stereocenters. The minimum absolute atomic E-state index is 0.0515. The number of rotatable bonds is 3. The lowest BCUT2D eigenvalue weighted by atomic mass is 10.3. The number of hydrogen-bond donors (Lipinski definition) is 1. The normalized spacial score (nSPS) is 9.93. The summed E-state index contributed by atoms with van der Waals surface area (Å²) in [5.41, 5.74) is 4.73. The number of ether oxygens (including phenoxy) is 2. The Balaban J connectivity index is 2.73. The summed E-state index contributed by atoms with van der Waals surface area (Å²) in [5, 5.41) is 0. The Kier molecular flexibility index (Phi) is 3.22. The fourth-order valence-corrected chi connectivity index (χ4v) is 0.830. The van der Waals surface area contributed by atoms with E-state index in [0.717, 1.165) is 6.07 Å². The molecule has 6 heteroatoms. The lowest BCUT2D eigenvalue weighted by Crippen LogP contribution is -2.16. The average Bonchev–Trinajstić information content (AvgIpc) is 2.01. The van der Waals surface area contributed by atoms with Gasteiger partial charge in [-0.05, 0) is 12.1 Å². The van der Waals surface area contributed by atoms with Crippen LogP contribution < -0.4 is 15.2 Å². The molecule has 0 saturated carbocycles. The van der Waals surface area contributed by atoms with E-state index in [-0.39, 0.29) is 11.5 Å². The van der Waals surface area contributed by atoms with E-state index in [0.29, 0.717) is 0 Å². The van der Waals surface area contributed by atoms with Crippen molar-refractivity contribution in [3.8, 4) is 11.5 Å². The molecule has 1 aromatic rings. The third-order valence-corrected chi connectivity index (χ3v) is 1.25. The summed E-state index contributed by atoms with van der Waals surface area (Å²) in [6.45, 7) is -2.92. The van der Waals surface area contributed by atoms with Crippen LogP contribution in [-0.2, 0) is 0 Å². The molecular weight excluding hydrogens is 196 g/mol. The first kappa shape index (κ1) is 10.2. The number of carbonyl (C=O) groups excluding carboxylic acids is 1. The van der Waals surface area contributed by atoms with Crippen LogP contribution in [0.4, 0.5) is 13.6 Å². The van der Waals surface area contributed by atoms with Crippen LogP contribution >= 0.6 is 0 Å². The molecule has 0 saturated heterocycles. The molecule has 0 aliphatic heterocycles. The summed E-state index contributed by atoms with van der Waals surface area (Å²) in [7, 11) is 0. The first-order valence-corrected chi connectivity index (χ1v) is 3.60. The minimum Gasteiger partial charge on any atom is -0.435 e. The second-order valence-electron chi connectivity index (χ2n) is 2.27. The zero-order valence-corrected chi connectivity index (χ0v) is 6.94. The molecule has 0 bridgehead atoms. The van der Waals surface area contributed by atoms with Crippen molar-refractivity contribution in [3.63, 3.8) is 0 Å². The predicted octanol–water partition coefficient (Wildman–Crippen LogP) is 1.75. The van der Waals surface area contributed by atoms with Crippen LogP contribution in [0.3, 0.4) is 0 Å². The second kappa shape index (κ2) is 4.40. The molecule has 0 aliphatic rings. The number of halogens is 2. The van der Waals surface area contributed by atoms with E-state index in [4.69, 9.17) is 5.73 Å². The van der Waals surface area contributed by atoms with Crippen LogP contribution in [0.1, 0.15) is 0 Å². The zero-order valence-electron chi connectivity index (χ0n) is 6.94. The number of primary amides is 1. The molecule has 0 spiro atoms. The summed E-state index contributed by atoms with van der Waals surface area (Å²) in [6, 6.07) is 5.23. The number of benzene rings is 1. The van der Waals surface area contributed by atoms with Gasteiger partial charge in [0.2, 0.25) is 0 Å². The molecule has 0 aromatic heterocycles. The first-order valence-electron chi connectivity index (χ1n) is 3.60. The van der Waals surface area contributed by atoms with Crippen molar-refractivity contribution in [2.24, 2.45) is 5.73 Å². The minimum atomic E-state index is -2.92. The highest BCUT2D eigenvalue weighted by Crippen LogP contribution is 2.20. The Morgan fingerprint density at radius 2 is 2.00 bits per heavy atom. The molecular formula is C8H7F2NO3. The van der Waals surface area contributed by atoms with Crippen LogP contribution in [0.25, 0.3) is 0 Å². The Morgan fingerprint density at radius 1 is 1.36 bits per heavy atom. The maximum Gasteiger partial charge on any atom is 0.409 e. The highest BCUT2D eigenvalue weighted by atomic mass is 19.3. The number of alkyl halides is 2. The Morgan fingerprint density at radius 3 is 2.57 bits per heavy atom. The third kappa shape index (κ3) is 3.26.